The largest absolute Gasteiger partial charge is 0.464 e. The van der Waals surface area contributed by atoms with Crippen molar-refractivity contribution >= 4 is 51.8 Å². The molecule has 1 aromatic heterocycles. The van der Waals surface area contributed by atoms with Gasteiger partial charge in [0.05, 0.1) is 39.5 Å². The minimum absolute atomic E-state index is 0.0477. The molecule has 1 heterocycles. The van der Waals surface area contributed by atoms with Crippen molar-refractivity contribution in [2.45, 2.75) is 26.9 Å². The second-order valence-electron chi connectivity index (χ2n) is 9.77. The van der Waals surface area contributed by atoms with Crippen LogP contribution < -0.4 is 10.7 Å². The number of halogens is 3. The lowest BCUT2D eigenvalue weighted by Gasteiger charge is -2.29. The molecule has 4 aromatic rings. The number of para-hydroxylation sites is 1. The van der Waals surface area contributed by atoms with Crippen LogP contribution in [0.3, 0.4) is 0 Å². The highest BCUT2D eigenvalue weighted by atomic mass is 35.5. The highest BCUT2D eigenvalue weighted by Crippen LogP contribution is 2.29. The molecular formula is C30H28Cl2FN3O4. The third kappa shape index (κ3) is 7.20. The van der Waals surface area contributed by atoms with Crippen LogP contribution in [0.5, 0.6) is 0 Å². The number of hydrogen-bond acceptors (Lipinski definition) is 4. The average Bonchev–Trinajstić information content (AvgIpc) is 2.93. The maximum atomic E-state index is 13.7. The first-order chi connectivity index (χ1) is 19.1. The molecule has 0 atom stereocenters. The minimum atomic E-state index is -0.529. The Labute approximate surface area is 241 Å². The van der Waals surface area contributed by atoms with Gasteiger partial charge >= 0.3 is 6.03 Å². The number of urea groups is 1. The van der Waals surface area contributed by atoms with Crippen molar-refractivity contribution in [2.75, 3.05) is 18.4 Å². The summed E-state index contributed by atoms with van der Waals surface area (Å²) >= 11 is 12.3. The van der Waals surface area contributed by atoms with Gasteiger partial charge in [0.25, 0.3) is 0 Å². The molecule has 1 N–H and O–H groups in total. The number of anilines is 1. The zero-order valence-electron chi connectivity index (χ0n) is 22.0. The number of amides is 3. The van der Waals surface area contributed by atoms with E-state index in [1.807, 2.05) is 13.8 Å². The topological polar surface area (TPSA) is 82.9 Å². The lowest BCUT2D eigenvalue weighted by Crippen LogP contribution is -2.45. The van der Waals surface area contributed by atoms with E-state index < -0.39 is 17.8 Å². The lowest BCUT2D eigenvalue weighted by molar-refractivity contribution is -0.133. The summed E-state index contributed by atoms with van der Waals surface area (Å²) < 4.78 is 19.2. The van der Waals surface area contributed by atoms with E-state index >= 15 is 0 Å². The summed E-state index contributed by atoms with van der Waals surface area (Å²) in [6.07, 6.45) is 1.34. The second-order valence-corrected chi connectivity index (χ2v) is 10.6. The van der Waals surface area contributed by atoms with Crippen LogP contribution in [-0.2, 0) is 17.9 Å². The molecule has 0 bridgehead atoms. The Morgan fingerprint density at radius 1 is 0.950 bits per heavy atom. The second kappa shape index (κ2) is 13.0. The number of benzene rings is 3. The number of carbonyl (C=O) groups is 2. The fourth-order valence-corrected chi connectivity index (χ4v) is 4.54. The molecule has 0 spiro atoms. The summed E-state index contributed by atoms with van der Waals surface area (Å²) in [5.74, 6) is -0.771. The Morgan fingerprint density at radius 2 is 1.68 bits per heavy atom. The highest BCUT2D eigenvalue weighted by Gasteiger charge is 2.24. The zero-order chi connectivity index (χ0) is 28.8. The molecule has 0 saturated carbocycles. The fourth-order valence-electron chi connectivity index (χ4n) is 4.19. The highest BCUT2D eigenvalue weighted by molar-refractivity contribution is 6.43. The van der Waals surface area contributed by atoms with Crippen LogP contribution in [0.25, 0.3) is 11.0 Å². The molecule has 40 heavy (non-hydrogen) atoms. The van der Waals surface area contributed by atoms with Gasteiger partial charge in [0.2, 0.25) is 5.91 Å². The minimum Gasteiger partial charge on any atom is -0.464 e. The molecule has 0 saturated heterocycles. The molecule has 3 amide bonds. The van der Waals surface area contributed by atoms with Crippen LogP contribution in [0.15, 0.2) is 82.2 Å². The van der Waals surface area contributed by atoms with Crippen molar-refractivity contribution in [3.63, 3.8) is 0 Å². The van der Waals surface area contributed by atoms with Crippen LogP contribution in [0.2, 0.25) is 10.0 Å². The number of nitrogens with one attached hydrogen (secondary N) is 1. The van der Waals surface area contributed by atoms with Gasteiger partial charge in [-0.05, 0) is 47.9 Å². The molecule has 3 aromatic carbocycles. The number of fused-ring (bicyclic) bond motifs is 1. The molecule has 0 aliphatic heterocycles. The van der Waals surface area contributed by atoms with Crippen LogP contribution in [0.4, 0.5) is 14.9 Å². The number of carbonyl (C=O) groups excluding carboxylic acids is 2. The van der Waals surface area contributed by atoms with Gasteiger partial charge in [-0.2, -0.15) is 0 Å². The maximum Gasteiger partial charge on any atom is 0.322 e. The van der Waals surface area contributed by atoms with Gasteiger partial charge in [-0.3, -0.25) is 9.59 Å². The first kappa shape index (κ1) is 29.1. The van der Waals surface area contributed by atoms with Crippen molar-refractivity contribution in [1.82, 2.24) is 9.80 Å². The van der Waals surface area contributed by atoms with Crippen molar-refractivity contribution in [1.29, 1.82) is 0 Å². The van der Waals surface area contributed by atoms with Crippen molar-refractivity contribution in [3.05, 3.63) is 110 Å². The maximum absolute atomic E-state index is 13.7. The normalized spacial score (nSPS) is 11.1. The average molecular weight is 584 g/mol. The van der Waals surface area contributed by atoms with Crippen LogP contribution in [-0.4, -0.2) is 34.8 Å². The molecule has 10 heteroatoms. The Balaban J connectivity index is 1.61. The summed E-state index contributed by atoms with van der Waals surface area (Å²) in [5.41, 5.74) is 1.43. The summed E-state index contributed by atoms with van der Waals surface area (Å²) in [4.78, 5) is 43.0. The van der Waals surface area contributed by atoms with Crippen molar-refractivity contribution < 1.29 is 18.4 Å². The van der Waals surface area contributed by atoms with Gasteiger partial charge in [0.1, 0.15) is 17.9 Å². The molecule has 4 rings (SSSR count). The first-order valence-electron chi connectivity index (χ1n) is 12.6. The lowest BCUT2D eigenvalue weighted by atomic mass is 10.1. The van der Waals surface area contributed by atoms with Gasteiger partial charge in [0, 0.05) is 13.1 Å². The third-order valence-corrected chi connectivity index (χ3v) is 6.96. The fraction of sp³-hybridized carbons (Fsp3) is 0.233. The molecule has 0 aliphatic carbocycles. The Morgan fingerprint density at radius 3 is 2.40 bits per heavy atom. The van der Waals surface area contributed by atoms with E-state index in [2.05, 4.69) is 5.32 Å². The smallest absolute Gasteiger partial charge is 0.322 e. The van der Waals surface area contributed by atoms with Crippen LogP contribution in [0.1, 0.15) is 25.0 Å². The quantitative estimate of drug-likeness (QED) is 0.231. The Hall–Kier alpha value is -3.88. The molecular weight excluding hydrogens is 556 g/mol. The van der Waals surface area contributed by atoms with Gasteiger partial charge in [-0.1, -0.05) is 67.4 Å². The summed E-state index contributed by atoms with van der Waals surface area (Å²) in [6.45, 7) is 3.87. The predicted octanol–water partition coefficient (Wildman–Crippen LogP) is 6.96. The molecule has 0 fully saturated rings. The Bertz CT molecular complexity index is 1570. The number of hydrogen-bond donors (Lipinski definition) is 1. The summed E-state index contributed by atoms with van der Waals surface area (Å²) in [6, 6.07) is 16.9. The standard InChI is InChI=1S/C30H28Cl2FN3O4/c1-19(2)14-36(30(39)34-25-8-5-7-24(31)28(25)32)17-27(37)35(15-20-10-12-22(33)13-11-20)16-21-18-40-26-9-4-3-6-23(26)29(21)38/h3-13,18-19H,14-17H2,1-2H3,(H,34,39). The molecule has 0 aliphatic rings. The van der Waals surface area contributed by atoms with Crippen molar-refractivity contribution in [2.24, 2.45) is 5.92 Å². The summed E-state index contributed by atoms with van der Waals surface area (Å²) in [5, 5.41) is 3.60. The van der Waals surface area contributed by atoms with E-state index in [0.717, 1.165) is 0 Å². The van der Waals surface area contributed by atoms with Crippen LogP contribution in [0, 0.1) is 11.7 Å². The van der Waals surface area contributed by atoms with E-state index in [1.54, 1.807) is 54.6 Å². The summed E-state index contributed by atoms with van der Waals surface area (Å²) in [7, 11) is 0. The zero-order valence-corrected chi connectivity index (χ0v) is 23.5. The SMILES string of the molecule is CC(C)CN(CC(=O)N(Cc1ccc(F)cc1)Cc1coc2ccccc2c1=O)C(=O)Nc1cccc(Cl)c1Cl. The predicted molar refractivity (Wildman–Crippen MR) is 155 cm³/mol. The van der Waals surface area contributed by atoms with E-state index in [-0.39, 0.29) is 53.1 Å². The number of rotatable bonds is 9. The van der Waals surface area contributed by atoms with Gasteiger partial charge in [-0.15, -0.1) is 0 Å². The van der Waals surface area contributed by atoms with Gasteiger partial charge < -0.3 is 19.5 Å². The van der Waals surface area contributed by atoms with Gasteiger partial charge in [0.15, 0.2) is 5.43 Å². The van der Waals surface area contributed by atoms with Gasteiger partial charge in [-0.25, -0.2) is 9.18 Å². The number of nitrogens with zero attached hydrogens (tertiary/aromatic N) is 2. The Kier molecular flexibility index (Phi) is 9.45. The molecule has 7 nitrogen and oxygen atoms in total. The van der Waals surface area contributed by atoms with E-state index in [9.17, 15) is 18.8 Å². The molecule has 0 unspecified atom stereocenters. The van der Waals surface area contributed by atoms with E-state index in [0.29, 0.717) is 22.2 Å². The van der Waals surface area contributed by atoms with E-state index in [1.165, 1.54) is 28.2 Å². The van der Waals surface area contributed by atoms with E-state index in [4.69, 9.17) is 27.6 Å². The molecule has 208 valence electrons. The van der Waals surface area contributed by atoms with Crippen LogP contribution >= 0.6 is 23.2 Å². The monoisotopic (exact) mass is 583 g/mol. The molecule has 0 radical (unpaired) electrons. The first-order valence-corrected chi connectivity index (χ1v) is 13.4. The van der Waals surface area contributed by atoms with Crippen molar-refractivity contribution in [3.8, 4) is 0 Å². The third-order valence-electron chi connectivity index (χ3n) is 6.14.